The molecule has 1 aromatic heterocycles. The summed E-state index contributed by atoms with van der Waals surface area (Å²) < 4.78 is 30.6. The van der Waals surface area contributed by atoms with E-state index >= 15 is 0 Å². The standard InChI is InChI=1S/C19H19N3O4S/c1-12-10-13-6-4-5-7-15(13)22(12)27(25,26)14-8-9-16-17(11-14)21(3)19(24)18(23)20(16)2/h4-9,11-12H,10H2,1-3H3/t12-/m1/s1. The topological polar surface area (TPSA) is 81.4 Å². The molecule has 3 aromatic rings. The first-order chi connectivity index (χ1) is 12.7. The fourth-order valence-electron chi connectivity index (χ4n) is 3.74. The summed E-state index contributed by atoms with van der Waals surface area (Å²) in [4.78, 5) is 24.2. The average molecular weight is 385 g/mol. The second kappa shape index (κ2) is 5.82. The molecule has 0 bridgehead atoms. The van der Waals surface area contributed by atoms with Crippen molar-refractivity contribution in [3.05, 3.63) is 68.7 Å². The molecule has 0 radical (unpaired) electrons. The van der Waals surface area contributed by atoms with E-state index in [0.29, 0.717) is 23.1 Å². The van der Waals surface area contributed by atoms with Crippen LogP contribution in [0.2, 0.25) is 0 Å². The minimum Gasteiger partial charge on any atom is -0.305 e. The number of rotatable bonds is 2. The zero-order chi connectivity index (χ0) is 19.5. The number of hydrogen-bond donors (Lipinski definition) is 0. The zero-order valence-electron chi connectivity index (χ0n) is 15.2. The number of nitrogens with zero attached hydrogens (tertiary/aromatic N) is 3. The van der Waals surface area contributed by atoms with Crippen molar-refractivity contribution in [1.82, 2.24) is 9.13 Å². The fraction of sp³-hybridized carbons (Fsp3) is 0.263. The molecule has 0 unspecified atom stereocenters. The highest BCUT2D eigenvalue weighted by Gasteiger charge is 2.36. The molecule has 0 saturated carbocycles. The van der Waals surface area contributed by atoms with Crippen LogP contribution < -0.4 is 15.4 Å². The largest absolute Gasteiger partial charge is 0.316 e. The van der Waals surface area contributed by atoms with Crippen molar-refractivity contribution >= 4 is 26.7 Å². The van der Waals surface area contributed by atoms with E-state index in [1.54, 1.807) is 12.1 Å². The summed E-state index contributed by atoms with van der Waals surface area (Å²) in [7, 11) is -0.847. The number of anilines is 1. The van der Waals surface area contributed by atoms with Gasteiger partial charge in [-0.15, -0.1) is 0 Å². The minimum absolute atomic E-state index is 0.0900. The number of fused-ring (bicyclic) bond motifs is 2. The van der Waals surface area contributed by atoms with Gasteiger partial charge in [0.05, 0.1) is 21.6 Å². The highest BCUT2D eigenvalue weighted by atomic mass is 32.2. The van der Waals surface area contributed by atoms with Crippen LogP contribution in [-0.2, 0) is 30.5 Å². The van der Waals surface area contributed by atoms with Crippen molar-refractivity contribution in [2.24, 2.45) is 14.1 Å². The van der Waals surface area contributed by atoms with Gasteiger partial charge in [0, 0.05) is 20.1 Å². The first-order valence-corrected chi connectivity index (χ1v) is 9.99. The number of para-hydroxylation sites is 1. The number of aryl methyl sites for hydroxylation is 2. The Morgan fingerprint density at radius 3 is 2.26 bits per heavy atom. The lowest BCUT2D eigenvalue weighted by molar-refractivity contribution is 0.584. The van der Waals surface area contributed by atoms with Gasteiger partial charge in [-0.1, -0.05) is 18.2 Å². The molecule has 7 nitrogen and oxygen atoms in total. The Hall–Kier alpha value is -2.87. The Labute approximate surface area is 156 Å². The van der Waals surface area contributed by atoms with Crippen molar-refractivity contribution in [3.63, 3.8) is 0 Å². The lowest BCUT2D eigenvalue weighted by Crippen LogP contribution is -2.39. The predicted octanol–water partition coefficient (Wildman–Crippen LogP) is 1.38. The van der Waals surface area contributed by atoms with Crippen LogP contribution in [0.15, 0.2) is 56.9 Å². The van der Waals surface area contributed by atoms with Gasteiger partial charge in [-0.25, -0.2) is 8.42 Å². The molecule has 0 fully saturated rings. The quantitative estimate of drug-likeness (QED) is 0.624. The molecule has 27 heavy (non-hydrogen) atoms. The van der Waals surface area contributed by atoms with Crippen LogP contribution in [0.3, 0.4) is 0 Å². The third kappa shape index (κ3) is 2.43. The van der Waals surface area contributed by atoms with Gasteiger partial charge >= 0.3 is 11.1 Å². The summed E-state index contributed by atoms with van der Waals surface area (Å²) in [6.45, 7) is 1.87. The van der Waals surface area contributed by atoms with Gasteiger partial charge in [0.1, 0.15) is 0 Å². The lowest BCUT2D eigenvalue weighted by Gasteiger charge is -2.24. The van der Waals surface area contributed by atoms with Crippen molar-refractivity contribution in [2.75, 3.05) is 4.31 Å². The fourth-order valence-corrected chi connectivity index (χ4v) is 5.45. The van der Waals surface area contributed by atoms with Crippen LogP contribution in [0.1, 0.15) is 12.5 Å². The molecule has 1 atom stereocenters. The van der Waals surface area contributed by atoms with Crippen LogP contribution in [0.4, 0.5) is 5.69 Å². The van der Waals surface area contributed by atoms with E-state index < -0.39 is 21.1 Å². The molecule has 8 heteroatoms. The molecule has 0 aliphatic carbocycles. The summed E-state index contributed by atoms with van der Waals surface area (Å²) in [6.07, 6.45) is 0.649. The Morgan fingerprint density at radius 1 is 0.926 bits per heavy atom. The molecular formula is C19H19N3O4S. The molecule has 0 amide bonds. The molecule has 4 rings (SSSR count). The summed E-state index contributed by atoms with van der Waals surface area (Å²) in [5.41, 5.74) is 1.21. The second-order valence-corrected chi connectivity index (χ2v) is 8.68. The summed E-state index contributed by atoms with van der Waals surface area (Å²) in [6, 6.07) is 11.8. The molecule has 2 aromatic carbocycles. The molecule has 0 saturated heterocycles. The Balaban J connectivity index is 1.95. The normalized spacial score (nSPS) is 16.7. The van der Waals surface area contributed by atoms with E-state index in [1.807, 2.05) is 25.1 Å². The number of sulfonamides is 1. The van der Waals surface area contributed by atoms with Gasteiger partial charge in [0.2, 0.25) is 0 Å². The van der Waals surface area contributed by atoms with Gasteiger partial charge in [-0.2, -0.15) is 0 Å². The Kier molecular flexibility index (Phi) is 3.78. The van der Waals surface area contributed by atoms with Crippen molar-refractivity contribution < 1.29 is 8.42 Å². The molecule has 1 aliphatic rings. The second-order valence-electron chi connectivity index (χ2n) is 6.86. The van der Waals surface area contributed by atoms with E-state index in [4.69, 9.17) is 0 Å². The van der Waals surface area contributed by atoms with Crippen LogP contribution >= 0.6 is 0 Å². The number of aromatic nitrogens is 2. The minimum atomic E-state index is -3.81. The highest BCUT2D eigenvalue weighted by Crippen LogP contribution is 2.36. The van der Waals surface area contributed by atoms with Gasteiger partial charge in [-0.3, -0.25) is 13.9 Å². The maximum absolute atomic E-state index is 13.4. The third-order valence-electron chi connectivity index (χ3n) is 5.16. The molecule has 0 spiro atoms. The third-order valence-corrected chi connectivity index (χ3v) is 7.09. The molecule has 2 heterocycles. The van der Waals surface area contributed by atoms with Gasteiger partial charge in [0.15, 0.2) is 0 Å². The Bertz CT molecular complexity index is 1300. The van der Waals surface area contributed by atoms with E-state index in [1.165, 1.54) is 39.7 Å². The summed E-state index contributed by atoms with van der Waals surface area (Å²) in [5, 5.41) is 0. The van der Waals surface area contributed by atoms with E-state index in [2.05, 4.69) is 0 Å². The Morgan fingerprint density at radius 2 is 1.56 bits per heavy atom. The number of hydrogen-bond acceptors (Lipinski definition) is 4. The monoisotopic (exact) mass is 385 g/mol. The lowest BCUT2D eigenvalue weighted by atomic mass is 10.1. The maximum Gasteiger partial charge on any atom is 0.316 e. The van der Waals surface area contributed by atoms with E-state index in [9.17, 15) is 18.0 Å². The molecule has 1 aliphatic heterocycles. The van der Waals surface area contributed by atoms with Crippen molar-refractivity contribution in [1.29, 1.82) is 0 Å². The molecule has 140 valence electrons. The predicted molar refractivity (Wildman–Crippen MR) is 104 cm³/mol. The first kappa shape index (κ1) is 17.5. The van der Waals surface area contributed by atoms with E-state index in [0.717, 1.165) is 5.56 Å². The number of benzene rings is 2. The SMILES string of the molecule is C[C@@H]1Cc2ccccc2N1S(=O)(=O)c1ccc2c(c1)n(C)c(=O)c(=O)n2C. The average Bonchev–Trinajstić information content (AvgIpc) is 3.00. The maximum atomic E-state index is 13.4. The van der Waals surface area contributed by atoms with Gasteiger partial charge < -0.3 is 9.13 Å². The molecule has 0 N–H and O–H groups in total. The first-order valence-electron chi connectivity index (χ1n) is 8.55. The molecular weight excluding hydrogens is 366 g/mol. The van der Waals surface area contributed by atoms with Crippen molar-refractivity contribution in [2.45, 2.75) is 24.3 Å². The smallest absolute Gasteiger partial charge is 0.305 e. The van der Waals surface area contributed by atoms with Crippen LogP contribution in [0.25, 0.3) is 11.0 Å². The summed E-state index contributed by atoms with van der Waals surface area (Å²) >= 11 is 0. The van der Waals surface area contributed by atoms with E-state index in [-0.39, 0.29) is 10.9 Å². The van der Waals surface area contributed by atoms with Crippen LogP contribution in [0, 0.1) is 0 Å². The summed E-state index contributed by atoms with van der Waals surface area (Å²) in [5.74, 6) is 0. The highest BCUT2D eigenvalue weighted by molar-refractivity contribution is 7.92. The van der Waals surface area contributed by atoms with Crippen LogP contribution in [0.5, 0.6) is 0 Å². The van der Waals surface area contributed by atoms with Gasteiger partial charge in [0.25, 0.3) is 10.0 Å². The van der Waals surface area contributed by atoms with Gasteiger partial charge in [-0.05, 0) is 43.2 Å². The van der Waals surface area contributed by atoms with Crippen molar-refractivity contribution in [3.8, 4) is 0 Å². The zero-order valence-corrected chi connectivity index (χ0v) is 16.0. The van der Waals surface area contributed by atoms with Crippen LogP contribution in [-0.4, -0.2) is 23.6 Å².